The summed E-state index contributed by atoms with van der Waals surface area (Å²) in [7, 11) is 0. The standard InChI is InChI=1S/C42H59NO14/c1-21(2)16-26-33(49)38(51)55-27-19-42(52)37(56-31(48)17-22(3)14-12-10-11-13-15-30(47)43-26)35-40(9,28(46)18-29-41(35,20-53-29)57-25(6)45)36(50)34(54-24(5)44)32(23(27)4)39(42,7)8/h10-11,16,22,26-29,33-35,37,46,49,52H,12-15,17-20H2,1-9H3,(H,43,47)/b11-10-/t22-,26-,27-,28-,29+,33+,34+,35-,37-,40+,41-,42?/m0/s1. The molecule has 57 heavy (non-hydrogen) atoms. The minimum absolute atomic E-state index is 0.0432. The molecular weight excluding hydrogens is 742 g/mol. The summed E-state index contributed by atoms with van der Waals surface area (Å²) in [5.74, 6) is -6.47. The lowest BCUT2D eigenvalue weighted by atomic mass is 9.44. The van der Waals surface area contributed by atoms with Crippen LogP contribution < -0.4 is 5.32 Å². The quantitative estimate of drug-likeness (QED) is 0.183. The molecular formula is C42H59NO14. The second kappa shape index (κ2) is 16.4. The van der Waals surface area contributed by atoms with Crippen LogP contribution in [-0.4, -0.2) is 111 Å². The van der Waals surface area contributed by atoms with Crippen LogP contribution in [0.4, 0.5) is 0 Å². The molecule has 2 aliphatic heterocycles. The number of allylic oxidation sites excluding steroid dienone is 3. The number of carbonyl (C=O) groups is 6. The zero-order valence-corrected chi connectivity index (χ0v) is 34.4. The van der Waals surface area contributed by atoms with Gasteiger partial charge in [0.15, 0.2) is 23.6 Å². The van der Waals surface area contributed by atoms with Gasteiger partial charge in [0.25, 0.3) is 0 Å². The van der Waals surface area contributed by atoms with E-state index in [-0.39, 0.29) is 42.9 Å². The molecule has 316 valence electrons. The molecule has 2 heterocycles. The zero-order chi connectivity index (χ0) is 42.4. The third kappa shape index (κ3) is 7.96. The van der Waals surface area contributed by atoms with Gasteiger partial charge in [-0.25, -0.2) is 4.79 Å². The van der Waals surface area contributed by atoms with Crippen molar-refractivity contribution in [3.8, 4) is 0 Å². The molecule has 15 nitrogen and oxygen atoms in total. The SMILES string of the molecule is CC(=O)O[C@H]1C(=O)[C@@]2(C)[C@H]([C@@H]3OC(=O)C[C@@H](C)CC/C=C\CCC(=O)N[C@@H](C=C(C)C)[C@@H](O)C(=O)O[C@H]4CC3(O)C(C)(C)C1=C4C)[C@]1(OC(C)=O)CO[C@@H]1C[C@@H]2O. The van der Waals surface area contributed by atoms with Crippen LogP contribution in [0.5, 0.6) is 0 Å². The van der Waals surface area contributed by atoms with Crippen molar-refractivity contribution in [2.75, 3.05) is 6.61 Å². The van der Waals surface area contributed by atoms with E-state index >= 15 is 4.79 Å². The van der Waals surface area contributed by atoms with Crippen molar-refractivity contribution in [3.63, 3.8) is 0 Å². The molecule has 3 aliphatic carbocycles. The Labute approximate surface area is 333 Å². The molecule has 0 spiro atoms. The van der Waals surface area contributed by atoms with Crippen LogP contribution in [-0.2, 0) is 52.5 Å². The Bertz CT molecular complexity index is 1740. The van der Waals surface area contributed by atoms with Gasteiger partial charge >= 0.3 is 23.9 Å². The number of hydrogen-bond donors (Lipinski definition) is 4. The van der Waals surface area contributed by atoms with E-state index in [4.69, 9.17) is 23.7 Å². The van der Waals surface area contributed by atoms with E-state index in [2.05, 4.69) is 5.32 Å². The highest BCUT2D eigenvalue weighted by Gasteiger charge is 2.78. The Balaban J connectivity index is 1.78. The van der Waals surface area contributed by atoms with Gasteiger partial charge in [0.2, 0.25) is 5.91 Å². The van der Waals surface area contributed by atoms with Crippen molar-refractivity contribution in [1.29, 1.82) is 0 Å². The predicted octanol–water partition coefficient (Wildman–Crippen LogP) is 2.86. The number of amides is 1. The Morgan fingerprint density at radius 1 is 0.982 bits per heavy atom. The normalized spacial score (nSPS) is 40.6. The second-order valence-electron chi connectivity index (χ2n) is 17.6. The zero-order valence-electron chi connectivity index (χ0n) is 34.4. The molecule has 1 unspecified atom stereocenters. The number of carbonyl (C=O) groups excluding carboxylic acids is 6. The summed E-state index contributed by atoms with van der Waals surface area (Å²) in [5.41, 5.74) is -6.65. The lowest BCUT2D eigenvalue weighted by molar-refractivity contribution is -0.347. The molecule has 5 rings (SSSR count). The maximum absolute atomic E-state index is 15.4. The first kappa shape index (κ1) is 44.2. The highest BCUT2D eigenvalue weighted by molar-refractivity contribution is 5.95. The minimum Gasteiger partial charge on any atom is -0.459 e. The fraction of sp³-hybridized carbons (Fsp3) is 0.714. The average Bonchev–Trinajstić information content (AvgIpc) is 3.09. The number of rotatable bonds is 3. The first-order valence-electron chi connectivity index (χ1n) is 19.8. The van der Waals surface area contributed by atoms with Crippen LogP contribution in [0.25, 0.3) is 0 Å². The fourth-order valence-corrected chi connectivity index (χ4v) is 9.85. The van der Waals surface area contributed by atoms with Gasteiger partial charge in [-0.1, -0.05) is 44.6 Å². The monoisotopic (exact) mass is 801 g/mol. The van der Waals surface area contributed by atoms with Crippen molar-refractivity contribution in [3.05, 3.63) is 34.9 Å². The first-order chi connectivity index (χ1) is 26.5. The van der Waals surface area contributed by atoms with Crippen molar-refractivity contribution >= 4 is 35.6 Å². The van der Waals surface area contributed by atoms with Crippen molar-refractivity contribution in [1.82, 2.24) is 5.32 Å². The number of aliphatic hydroxyl groups excluding tert-OH is 2. The summed E-state index contributed by atoms with van der Waals surface area (Å²) in [5, 5.41) is 39.7. The van der Waals surface area contributed by atoms with E-state index in [0.29, 0.717) is 24.8 Å². The van der Waals surface area contributed by atoms with Gasteiger partial charge in [0.1, 0.15) is 23.9 Å². The number of fused-ring (bicyclic) bond motifs is 6. The molecule has 5 aliphatic rings. The summed E-state index contributed by atoms with van der Waals surface area (Å²) in [6.45, 7) is 13.5. The number of hydrogen-bond acceptors (Lipinski definition) is 14. The van der Waals surface area contributed by atoms with Crippen LogP contribution in [0.1, 0.15) is 107 Å². The lowest BCUT2D eigenvalue weighted by Gasteiger charge is -2.67. The Kier molecular flexibility index (Phi) is 12.7. The summed E-state index contributed by atoms with van der Waals surface area (Å²) < 4.78 is 30.2. The van der Waals surface area contributed by atoms with Crippen molar-refractivity contribution in [2.24, 2.45) is 22.7 Å². The first-order valence-corrected chi connectivity index (χ1v) is 19.8. The van der Waals surface area contributed by atoms with Crippen molar-refractivity contribution < 1.29 is 67.8 Å². The number of esters is 4. The second-order valence-corrected chi connectivity index (χ2v) is 17.6. The van der Waals surface area contributed by atoms with E-state index in [1.165, 1.54) is 19.9 Å². The van der Waals surface area contributed by atoms with Gasteiger partial charge in [0.05, 0.1) is 30.1 Å². The summed E-state index contributed by atoms with van der Waals surface area (Å²) in [6, 6.07) is -1.19. The molecule has 0 aromatic heterocycles. The number of nitrogens with one attached hydrogen (secondary N) is 1. The van der Waals surface area contributed by atoms with Gasteiger partial charge in [-0.05, 0) is 64.0 Å². The summed E-state index contributed by atoms with van der Waals surface area (Å²) >= 11 is 0. The van der Waals surface area contributed by atoms with E-state index in [0.717, 1.165) is 6.92 Å². The average molecular weight is 802 g/mol. The van der Waals surface area contributed by atoms with Gasteiger partial charge in [-0.2, -0.15) is 0 Å². The predicted molar refractivity (Wildman–Crippen MR) is 202 cm³/mol. The maximum Gasteiger partial charge on any atom is 0.338 e. The smallest absolute Gasteiger partial charge is 0.338 e. The highest BCUT2D eigenvalue weighted by Crippen LogP contribution is 2.64. The lowest BCUT2D eigenvalue weighted by Crippen LogP contribution is -2.82. The number of ketones is 1. The Morgan fingerprint density at radius 2 is 1.65 bits per heavy atom. The fourth-order valence-electron chi connectivity index (χ4n) is 9.85. The molecule has 1 saturated heterocycles. The molecule has 3 fully saturated rings. The van der Waals surface area contributed by atoms with Crippen LogP contribution in [0.2, 0.25) is 0 Å². The minimum atomic E-state index is -2.30. The van der Waals surface area contributed by atoms with Crippen molar-refractivity contribution in [2.45, 2.75) is 161 Å². The van der Waals surface area contributed by atoms with Gasteiger partial charge in [0, 0.05) is 44.9 Å². The summed E-state index contributed by atoms with van der Waals surface area (Å²) in [6.07, 6.45) is -3.24. The maximum atomic E-state index is 15.4. The molecule has 0 aromatic rings. The molecule has 0 aromatic carbocycles. The van der Waals surface area contributed by atoms with Crippen LogP contribution in [0.15, 0.2) is 34.9 Å². The third-order valence-electron chi connectivity index (χ3n) is 12.9. The van der Waals surface area contributed by atoms with Gasteiger partial charge < -0.3 is 44.3 Å². The molecule has 1 amide bonds. The van der Waals surface area contributed by atoms with E-state index < -0.39 is 113 Å². The Hall–Kier alpha value is -3.92. The molecule has 3 bridgehead atoms. The number of ether oxygens (including phenoxy) is 5. The highest BCUT2D eigenvalue weighted by atomic mass is 16.6. The van der Waals surface area contributed by atoms with E-state index in [1.54, 1.807) is 34.6 Å². The molecule has 4 N–H and O–H groups in total. The van der Waals surface area contributed by atoms with Crippen LogP contribution in [0, 0.1) is 22.7 Å². The number of Topliss-reactive ketones (excluding diaryl/α,β-unsaturated/α-hetero) is 1. The van der Waals surface area contributed by atoms with Crippen LogP contribution >= 0.6 is 0 Å². The Morgan fingerprint density at radius 3 is 2.25 bits per heavy atom. The summed E-state index contributed by atoms with van der Waals surface area (Å²) in [4.78, 5) is 82.3. The molecule has 0 radical (unpaired) electrons. The largest absolute Gasteiger partial charge is 0.459 e. The molecule has 12 atom stereocenters. The van der Waals surface area contributed by atoms with Gasteiger partial charge in [-0.15, -0.1) is 0 Å². The number of aliphatic hydroxyl groups is 3. The molecule has 2 saturated carbocycles. The topological polar surface area (TPSA) is 221 Å². The van der Waals surface area contributed by atoms with Gasteiger partial charge in [-0.3, -0.25) is 24.0 Å². The van der Waals surface area contributed by atoms with E-state index in [1.807, 2.05) is 19.1 Å². The third-order valence-corrected chi connectivity index (χ3v) is 12.9. The van der Waals surface area contributed by atoms with E-state index in [9.17, 15) is 39.3 Å². The molecule has 15 heteroatoms. The van der Waals surface area contributed by atoms with Crippen LogP contribution in [0.3, 0.4) is 0 Å².